The Labute approximate surface area is 183 Å². The van der Waals surface area contributed by atoms with Crippen molar-refractivity contribution in [3.63, 3.8) is 0 Å². The highest BCUT2D eigenvalue weighted by Crippen LogP contribution is 2.48. The highest BCUT2D eigenvalue weighted by atomic mass is 19.3. The zero-order valence-electron chi connectivity index (χ0n) is 17.0. The molecule has 0 bridgehead atoms. The molecule has 0 aliphatic carbocycles. The van der Waals surface area contributed by atoms with Crippen molar-refractivity contribution < 1.29 is 35.8 Å². The molecule has 0 unspecified atom stereocenters. The van der Waals surface area contributed by atoms with Gasteiger partial charge in [0.1, 0.15) is 29.3 Å². The van der Waals surface area contributed by atoms with E-state index in [-0.39, 0.29) is 17.9 Å². The second-order valence-electron chi connectivity index (χ2n) is 7.55. The summed E-state index contributed by atoms with van der Waals surface area (Å²) >= 11 is 0. The molecule has 33 heavy (non-hydrogen) atoms. The molecule has 3 aromatic rings. The van der Waals surface area contributed by atoms with Crippen molar-refractivity contribution >= 4 is 0 Å². The third-order valence-corrected chi connectivity index (χ3v) is 5.44. The predicted octanol–water partition coefficient (Wildman–Crippen LogP) is 4.08. The van der Waals surface area contributed by atoms with E-state index in [1.54, 1.807) is 6.92 Å². The van der Waals surface area contributed by atoms with Crippen LogP contribution in [0.2, 0.25) is 0 Å². The predicted molar refractivity (Wildman–Crippen MR) is 103 cm³/mol. The molecule has 0 spiro atoms. The molecule has 1 fully saturated rings. The molecule has 1 aliphatic heterocycles. The van der Waals surface area contributed by atoms with E-state index in [1.165, 1.54) is 36.7 Å². The van der Waals surface area contributed by atoms with Crippen LogP contribution in [0, 0.1) is 11.6 Å². The molecule has 2 atom stereocenters. The van der Waals surface area contributed by atoms with Crippen LogP contribution in [0.1, 0.15) is 18.5 Å². The third-order valence-electron chi connectivity index (χ3n) is 5.44. The zero-order chi connectivity index (χ0) is 24.0. The monoisotopic (exact) mass is 473 g/mol. The molecular formula is C21H17F6N3O3. The van der Waals surface area contributed by atoms with Gasteiger partial charge in [0.15, 0.2) is 6.61 Å². The lowest BCUT2D eigenvalue weighted by atomic mass is 9.92. The van der Waals surface area contributed by atoms with Gasteiger partial charge in [-0.15, -0.1) is 0 Å². The number of alkyl halides is 4. The number of rotatable bonds is 8. The largest absolute Gasteiger partial charge is 0.487 e. The van der Waals surface area contributed by atoms with Crippen molar-refractivity contribution in [2.75, 3.05) is 13.2 Å². The average Bonchev–Trinajstić information content (AvgIpc) is 3.48. The van der Waals surface area contributed by atoms with Gasteiger partial charge in [-0.1, -0.05) is 6.07 Å². The van der Waals surface area contributed by atoms with Crippen LogP contribution in [-0.4, -0.2) is 39.9 Å². The lowest BCUT2D eigenvalue weighted by Crippen LogP contribution is -2.34. The highest BCUT2D eigenvalue weighted by Gasteiger charge is 2.54. The van der Waals surface area contributed by atoms with Gasteiger partial charge in [0.2, 0.25) is 0 Å². The van der Waals surface area contributed by atoms with Crippen molar-refractivity contribution in [1.82, 2.24) is 14.3 Å². The Morgan fingerprint density at radius 1 is 1.18 bits per heavy atom. The SMILES string of the molecule is C[C@@H](n1ncn(-c2ccc(OCC(F)(F)C(F)F)cc2)c1=O)[C@]1(c2ccc(F)cc2F)CO1. The van der Waals surface area contributed by atoms with Gasteiger partial charge in [-0.2, -0.15) is 13.9 Å². The summed E-state index contributed by atoms with van der Waals surface area (Å²) in [5, 5.41) is 4.06. The summed E-state index contributed by atoms with van der Waals surface area (Å²) in [5.74, 6) is -5.94. The number of nitrogens with zero attached hydrogens (tertiary/aromatic N) is 3. The van der Waals surface area contributed by atoms with Crippen LogP contribution < -0.4 is 10.4 Å². The number of benzene rings is 2. The molecule has 1 aliphatic rings. The van der Waals surface area contributed by atoms with E-state index in [2.05, 4.69) is 5.10 Å². The lowest BCUT2D eigenvalue weighted by Gasteiger charge is -2.20. The van der Waals surface area contributed by atoms with Gasteiger partial charge in [0.05, 0.1) is 18.3 Å². The maximum Gasteiger partial charge on any atom is 0.350 e. The first-order valence-corrected chi connectivity index (χ1v) is 9.70. The Balaban J connectivity index is 1.54. The molecule has 2 aromatic carbocycles. The minimum Gasteiger partial charge on any atom is -0.487 e. The first-order chi connectivity index (χ1) is 15.5. The molecule has 12 heteroatoms. The molecule has 0 radical (unpaired) electrons. The molecule has 4 rings (SSSR count). The van der Waals surface area contributed by atoms with Gasteiger partial charge >= 0.3 is 18.0 Å². The van der Waals surface area contributed by atoms with Gasteiger partial charge in [-0.3, -0.25) is 0 Å². The topological polar surface area (TPSA) is 61.6 Å². The number of hydrogen-bond acceptors (Lipinski definition) is 4. The second kappa shape index (κ2) is 8.25. The Morgan fingerprint density at radius 2 is 1.85 bits per heavy atom. The van der Waals surface area contributed by atoms with E-state index < -0.39 is 47.9 Å². The number of halogens is 6. The van der Waals surface area contributed by atoms with Gasteiger partial charge in [-0.05, 0) is 37.3 Å². The fourth-order valence-electron chi connectivity index (χ4n) is 3.43. The summed E-state index contributed by atoms with van der Waals surface area (Å²) < 4.78 is 90.4. The summed E-state index contributed by atoms with van der Waals surface area (Å²) in [6.07, 6.45) is -2.65. The molecule has 0 N–H and O–H groups in total. The maximum atomic E-state index is 14.3. The van der Waals surface area contributed by atoms with Crippen LogP contribution in [0.4, 0.5) is 26.3 Å². The minimum absolute atomic E-state index is 0.0926. The quantitative estimate of drug-likeness (QED) is 0.366. The molecule has 2 heterocycles. The summed E-state index contributed by atoms with van der Waals surface area (Å²) in [6.45, 7) is 0.210. The van der Waals surface area contributed by atoms with Gasteiger partial charge in [-0.25, -0.2) is 31.6 Å². The first-order valence-electron chi connectivity index (χ1n) is 9.70. The van der Waals surface area contributed by atoms with Gasteiger partial charge in [0.25, 0.3) is 0 Å². The van der Waals surface area contributed by atoms with Crippen LogP contribution in [-0.2, 0) is 10.3 Å². The maximum absolute atomic E-state index is 14.3. The molecule has 0 amide bonds. The van der Waals surface area contributed by atoms with E-state index in [0.29, 0.717) is 5.69 Å². The smallest absolute Gasteiger partial charge is 0.350 e. The summed E-state index contributed by atoms with van der Waals surface area (Å²) in [4.78, 5) is 12.9. The fraction of sp³-hybridized carbons (Fsp3) is 0.333. The van der Waals surface area contributed by atoms with Gasteiger partial charge in [0, 0.05) is 11.6 Å². The van der Waals surface area contributed by atoms with Crippen LogP contribution in [0.15, 0.2) is 53.6 Å². The van der Waals surface area contributed by atoms with Crippen LogP contribution >= 0.6 is 0 Å². The van der Waals surface area contributed by atoms with Crippen molar-refractivity contribution in [2.45, 2.75) is 30.9 Å². The zero-order valence-corrected chi connectivity index (χ0v) is 17.0. The van der Waals surface area contributed by atoms with Crippen molar-refractivity contribution in [3.8, 4) is 11.4 Å². The Morgan fingerprint density at radius 3 is 2.42 bits per heavy atom. The molecule has 1 saturated heterocycles. The van der Waals surface area contributed by atoms with Crippen molar-refractivity contribution in [3.05, 3.63) is 76.5 Å². The average molecular weight is 473 g/mol. The van der Waals surface area contributed by atoms with Crippen molar-refractivity contribution in [2.24, 2.45) is 0 Å². The van der Waals surface area contributed by atoms with Gasteiger partial charge < -0.3 is 9.47 Å². The van der Waals surface area contributed by atoms with E-state index >= 15 is 0 Å². The number of hydrogen-bond donors (Lipinski definition) is 0. The lowest BCUT2D eigenvalue weighted by molar-refractivity contribution is -0.148. The molecule has 0 saturated carbocycles. The van der Waals surface area contributed by atoms with Crippen LogP contribution in [0.25, 0.3) is 5.69 Å². The third kappa shape index (κ3) is 4.22. The summed E-state index contributed by atoms with van der Waals surface area (Å²) in [7, 11) is 0. The van der Waals surface area contributed by atoms with Crippen LogP contribution in [0.3, 0.4) is 0 Å². The Kier molecular flexibility index (Phi) is 5.72. The van der Waals surface area contributed by atoms with Crippen molar-refractivity contribution in [1.29, 1.82) is 0 Å². The standard InChI is InChI=1S/C21H17F6N3O3/c1-12(20(9-33-20)16-7-2-13(22)8-17(16)23)30-19(31)29(11-28-30)14-3-5-15(6-4-14)32-10-21(26,27)18(24)25/h2-8,11-12,18H,9-10H2,1H3/t12-,20+/m1/s1. The number of aromatic nitrogens is 3. The fourth-order valence-corrected chi connectivity index (χ4v) is 3.43. The molecular weight excluding hydrogens is 456 g/mol. The van der Waals surface area contributed by atoms with E-state index in [4.69, 9.17) is 9.47 Å². The Bertz CT molecular complexity index is 1200. The first kappa shape index (κ1) is 22.9. The number of ether oxygens (including phenoxy) is 2. The van der Waals surface area contributed by atoms with E-state index in [0.717, 1.165) is 21.4 Å². The second-order valence-corrected chi connectivity index (χ2v) is 7.55. The summed E-state index contributed by atoms with van der Waals surface area (Å²) in [5.41, 5.74) is -1.39. The molecule has 6 nitrogen and oxygen atoms in total. The normalized spacial score (nSPS) is 19.0. The van der Waals surface area contributed by atoms with E-state index in [9.17, 15) is 31.1 Å². The Hall–Kier alpha value is -3.28. The van der Waals surface area contributed by atoms with E-state index in [1.807, 2.05) is 0 Å². The molecule has 1 aromatic heterocycles. The van der Waals surface area contributed by atoms with Crippen LogP contribution in [0.5, 0.6) is 5.75 Å². The summed E-state index contributed by atoms with van der Waals surface area (Å²) in [6, 6.07) is 7.53. The highest BCUT2D eigenvalue weighted by molar-refractivity contribution is 5.37. The minimum atomic E-state index is -4.29. The molecule has 176 valence electrons. The number of epoxide rings is 1.